The number of nitrogens with two attached hydrogens (primary N) is 1. The van der Waals surface area contributed by atoms with E-state index in [1.165, 1.54) is 16.7 Å². The van der Waals surface area contributed by atoms with Gasteiger partial charge in [-0.15, -0.1) is 0 Å². The Bertz CT molecular complexity index is 988. The number of primary amides is 1. The van der Waals surface area contributed by atoms with Crippen molar-refractivity contribution in [2.24, 2.45) is 5.73 Å². The predicted octanol–water partition coefficient (Wildman–Crippen LogP) is 0.758. The van der Waals surface area contributed by atoms with Crippen LogP contribution in [0.1, 0.15) is 17.3 Å². The molecular formula is C15H14N2O4S. The number of para-hydroxylation sites is 1. The average Bonchev–Trinajstić information content (AvgIpc) is 2.72. The van der Waals surface area contributed by atoms with Gasteiger partial charge in [-0.25, -0.2) is 8.42 Å². The molecule has 1 amide bonds. The second-order valence-corrected chi connectivity index (χ2v) is 7.48. The number of hydrogen-bond donors (Lipinski definition) is 1. The Morgan fingerprint density at radius 1 is 1.32 bits per heavy atom. The summed E-state index contributed by atoms with van der Waals surface area (Å²) >= 11 is 0. The summed E-state index contributed by atoms with van der Waals surface area (Å²) in [5, 5.41) is 1.75. The topological polar surface area (TPSA) is 99.2 Å². The first kappa shape index (κ1) is 14.5. The monoisotopic (exact) mass is 318 g/mol. The summed E-state index contributed by atoms with van der Waals surface area (Å²) in [4.78, 5) is 24.2. The van der Waals surface area contributed by atoms with Crippen molar-refractivity contribution in [3.05, 3.63) is 57.7 Å². The van der Waals surface area contributed by atoms with Crippen molar-refractivity contribution in [3.63, 3.8) is 0 Å². The highest BCUT2D eigenvalue weighted by Crippen LogP contribution is 2.29. The van der Waals surface area contributed by atoms with Gasteiger partial charge in [-0.3, -0.25) is 14.2 Å². The highest BCUT2D eigenvalue weighted by atomic mass is 32.2. The smallest absolute Gasteiger partial charge is 0.264 e. The van der Waals surface area contributed by atoms with Crippen LogP contribution in [-0.4, -0.2) is 24.6 Å². The number of aromatic nitrogens is 1. The van der Waals surface area contributed by atoms with Crippen LogP contribution in [0, 0.1) is 0 Å². The third-order valence-electron chi connectivity index (χ3n) is 3.82. The molecule has 0 saturated carbocycles. The minimum atomic E-state index is -3.38. The van der Waals surface area contributed by atoms with Crippen LogP contribution in [-0.2, 0) is 15.4 Å². The molecular weight excluding hydrogens is 304 g/mol. The van der Waals surface area contributed by atoms with Gasteiger partial charge in [-0.1, -0.05) is 18.2 Å². The molecule has 114 valence electrons. The maximum absolute atomic E-state index is 12.7. The molecule has 22 heavy (non-hydrogen) atoms. The number of fused-ring (bicyclic) bond motifs is 1. The SMILES string of the molecule is CC1(n2c(=O)c(C(N)=O)cc3ccccc32)C=CS(=O)(=O)C1. The lowest BCUT2D eigenvalue weighted by Gasteiger charge is -2.26. The summed E-state index contributed by atoms with van der Waals surface area (Å²) < 4.78 is 24.9. The molecule has 3 rings (SSSR count). The quantitative estimate of drug-likeness (QED) is 0.883. The van der Waals surface area contributed by atoms with E-state index in [4.69, 9.17) is 5.73 Å². The number of sulfone groups is 1. The summed E-state index contributed by atoms with van der Waals surface area (Å²) in [5.74, 6) is -1.07. The highest BCUT2D eigenvalue weighted by Gasteiger charge is 2.37. The summed E-state index contributed by atoms with van der Waals surface area (Å²) in [5.41, 5.74) is 4.04. The number of rotatable bonds is 2. The number of hydrogen-bond acceptors (Lipinski definition) is 4. The van der Waals surface area contributed by atoms with Crippen molar-refractivity contribution >= 4 is 26.6 Å². The molecule has 0 aliphatic carbocycles. The van der Waals surface area contributed by atoms with Crippen molar-refractivity contribution < 1.29 is 13.2 Å². The minimum absolute atomic E-state index is 0.155. The van der Waals surface area contributed by atoms with E-state index in [9.17, 15) is 18.0 Å². The van der Waals surface area contributed by atoms with Gasteiger partial charge in [-0.05, 0) is 30.5 Å². The third kappa shape index (κ3) is 2.14. The maximum atomic E-state index is 12.7. The van der Waals surface area contributed by atoms with Crippen LogP contribution in [0.5, 0.6) is 0 Å². The number of amides is 1. The normalized spacial score (nSPS) is 23.0. The van der Waals surface area contributed by atoms with Crippen molar-refractivity contribution in [3.8, 4) is 0 Å². The van der Waals surface area contributed by atoms with Crippen LogP contribution in [0.25, 0.3) is 10.9 Å². The first-order valence-corrected chi connectivity index (χ1v) is 8.32. The Morgan fingerprint density at radius 2 is 2.00 bits per heavy atom. The Morgan fingerprint density at radius 3 is 2.59 bits per heavy atom. The van der Waals surface area contributed by atoms with Gasteiger partial charge >= 0.3 is 0 Å². The van der Waals surface area contributed by atoms with Crippen molar-refractivity contribution in [2.75, 3.05) is 5.75 Å². The minimum Gasteiger partial charge on any atom is -0.365 e. The van der Waals surface area contributed by atoms with E-state index in [-0.39, 0.29) is 11.3 Å². The Labute approximate surface area is 126 Å². The fourth-order valence-electron chi connectivity index (χ4n) is 2.84. The standard InChI is InChI=1S/C15H14N2O4S/c1-15(6-7-22(20,21)9-15)17-12-5-3-2-4-10(12)8-11(13(16)18)14(17)19/h2-8H,9H2,1H3,(H2,16,18). The zero-order valence-corrected chi connectivity index (χ0v) is 12.6. The largest absolute Gasteiger partial charge is 0.365 e. The molecule has 0 bridgehead atoms. The molecule has 0 fully saturated rings. The Balaban J connectivity index is 2.43. The molecule has 1 aliphatic rings. The van der Waals surface area contributed by atoms with E-state index in [1.54, 1.807) is 31.2 Å². The number of benzene rings is 1. The fraction of sp³-hybridized carbons (Fsp3) is 0.200. The highest BCUT2D eigenvalue weighted by molar-refractivity contribution is 7.94. The third-order valence-corrected chi connectivity index (χ3v) is 5.35. The maximum Gasteiger partial charge on any atom is 0.264 e. The lowest BCUT2D eigenvalue weighted by Crippen LogP contribution is -2.42. The van der Waals surface area contributed by atoms with Crippen molar-refractivity contribution in [2.45, 2.75) is 12.5 Å². The zero-order valence-electron chi connectivity index (χ0n) is 11.8. The molecule has 1 atom stereocenters. The van der Waals surface area contributed by atoms with Gasteiger partial charge in [0.25, 0.3) is 11.5 Å². The molecule has 2 aromatic rings. The Kier molecular flexibility index (Phi) is 3.00. The molecule has 2 heterocycles. The molecule has 2 N–H and O–H groups in total. The first-order chi connectivity index (χ1) is 10.2. The molecule has 0 spiro atoms. The summed E-state index contributed by atoms with van der Waals surface area (Å²) in [6, 6.07) is 8.41. The van der Waals surface area contributed by atoms with E-state index in [0.717, 1.165) is 5.41 Å². The van der Waals surface area contributed by atoms with Gasteiger partial charge in [0.05, 0.1) is 16.8 Å². The second-order valence-electron chi connectivity index (χ2n) is 5.59. The molecule has 1 aromatic carbocycles. The number of allylic oxidation sites excluding steroid dienone is 1. The van der Waals surface area contributed by atoms with Gasteiger partial charge in [-0.2, -0.15) is 0 Å². The lowest BCUT2D eigenvalue weighted by atomic mass is 10.0. The second kappa shape index (κ2) is 4.54. The van der Waals surface area contributed by atoms with E-state index in [0.29, 0.717) is 10.9 Å². The van der Waals surface area contributed by atoms with E-state index in [2.05, 4.69) is 0 Å². The van der Waals surface area contributed by atoms with Crippen molar-refractivity contribution in [1.82, 2.24) is 4.57 Å². The number of nitrogens with zero attached hydrogens (tertiary/aromatic N) is 1. The summed E-state index contributed by atoms with van der Waals surface area (Å²) in [7, 11) is -3.38. The molecule has 1 unspecified atom stereocenters. The van der Waals surface area contributed by atoms with Crippen LogP contribution in [0.2, 0.25) is 0 Å². The van der Waals surface area contributed by atoms with Crippen LogP contribution in [0.3, 0.4) is 0 Å². The van der Waals surface area contributed by atoms with Gasteiger partial charge in [0.1, 0.15) is 5.56 Å². The van der Waals surface area contributed by atoms with E-state index >= 15 is 0 Å². The molecule has 0 saturated heterocycles. The van der Waals surface area contributed by atoms with Crippen LogP contribution >= 0.6 is 0 Å². The van der Waals surface area contributed by atoms with E-state index in [1.807, 2.05) is 0 Å². The molecule has 1 aliphatic heterocycles. The molecule has 1 aromatic heterocycles. The van der Waals surface area contributed by atoms with E-state index < -0.39 is 26.8 Å². The lowest BCUT2D eigenvalue weighted by molar-refractivity contribution is 0.0998. The molecule has 7 heteroatoms. The number of carbonyl (C=O) groups excluding carboxylic acids is 1. The average molecular weight is 318 g/mol. The summed E-state index contributed by atoms with van der Waals surface area (Å²) in [6.07, 6.45) is 1.47. The van der Waals surface area contributed by atoms with Crippen LogP contribution < -0.4 is 11.3 Å². The predicted molar refractivity (Wildman–Crippen MR) is 83.3 cm³/mol. The molecule has 6 nitrogen and oxygen atoms in total. The molecule has 0 radical (unpaired) electrons. The Hall–Kier alpha value is -2.41. The fourth-order valence-corrected chi connectivity index (χ4v) is 4.47. The first-order valence-electron chi connectivity index (χ1n) is 6.61. The van der Waals surface area contributed by atoms with Crippen LogP contribution in [0.4, 0.5) is 0 Å². The van der Waals surface area contributed by atoms with Crippen LogP contribution in [0.15, 0.2) is 46.6 Å². The van der Waals surface area contributed by atoms with Gasteiger partial charge in [0.15, 0.2) is 9.84 Å². The number of carbonyl (C=O) groups is 1. The van der Waals surface area contributed by atoms with Gasteiger partial charge in [0.2, 0.25) is 0 Å². The van der Waals surface area contributed by atoms with Gasteiger partial charge < -0.3 is 5.73 Å². The van der Waals surface area contributed by atoms with Crippen molar-refractivity contribution in [1.29, 1.82) is 0 Å². The zero-order chi connectivity index (χ0) is 16.1. The number of pyridine rings is 1. The van der Waals surface area contributed by atoms with Gasteiger partial charge in [0, 0.05) is 5.41 Å². The summed E-state index contributed by atoms with van der Waals surface area (Å²) in [6.45, 7) is 1.65.